The molecule has 0 radical (unpaired) electrons. The molecule has 7 nitrogen and oxygen atoms in total. The molecule has 0 saturated carbocycles. The van der Waals surface area contributed by atoms with Gasteiger partial charge in [-0.2, -0.15) is 0 Å². The number of carbonyl (C=O) groups excluding carboxylic acids is 3. The number of anilines is 1. The average molecular weight is 479 g/mol. The van der Waals surface area contributed by atoms with Crippen molar-refractivity contribution in [1.29, 1.82) is 0 Å². The molecule has 176 valence electrons. The lowest BCUT2D eigenvalue weighted by Crippen LogP contribution is -2.47. The Labute approximate surface area is 202 Å². The second kappa shape index (κ2) is 10.6. The summed E-state index contributed by atoms with van der Waals surface area (Å²) < 4.78 is 10.3. The Kier molecular flexibility index (Phi) is 7.40. The fourth-order valence-corrected chi connectivity index (χ4v) is 5.08. The number of nitrogens with one attached hydrogen (secondary N) is 1. The average Bonchev–Trinajstić information content (AvgIpc) is 3.38. The molecule has 0 bridgehead atoms. The van der Waals surface area contributed by atoms with Gasteiger partial charge in [-0.1, -0.05) is 24.3 Å². The number of amides is 2. The maximum absolute atomic E-state index is 13.7. The van der Waals surface area contributed by atoms with Gasteiger partial charge in [-0.15, -0.1) is 11.3 Å². The molecule has 1 aromatic heterocycles. The summed E-state index contributed by atoms with van der Waals surface area (Å²) in [5.41, 5.74) is 2.18. The van der Waals surface area contributed by atoms with Crippen LogP contribution >= 0.6 is 11.3 Å². The van der Waals surface area contributed by atoms with Crippen LogP contribution in [0.25, 0.3) is 0 Å². The third-order valence-corrected chi connectivity index (χ3v) is 6.70. The number of fused-ring (bicyclic) bond motifs is 1. The van der Waals surface area contributed by atoms with Crippen molar-refractivity contribution in [2.24, 2.45) is 0 Å². The summed E-state index contributed by atoms with van der Waals surface area (Å²) in [6.07, 6.45) is 0. The van der Waals surface area contributed by atoms with E-state index in [0.29, 0.717) is 42.1 Å². The minimum atomic E-state index is -0.617. The normalized spacial score (nSPS) is 17.2. The smallest absolute Gasteiger partial charge is 0.338 e. The molecule has 0 unspecified atom stereocenters. The summed E-state index contributed by atoms with van der Waals surface area (Å²) in [5.74, 6) is -1.38. The van der Waals surface area contributed by atoms with Gasteiger partial charge in [0.2, 0.25) is 5.91 Å². The number of esters is 1. The maximum atomic E-state index is 13.7. The first-order valence-corrected chi connectivity index (χ1v) is 11.9. The standard InChI is InChI=1S/C26H26N2O5S/c1-3-33-26(31)17-10-12-18(13-11-17)27-24(29)22-19-7-4-5-8-20(19)25(30)28(14-15-32-2)23(22)21-9-6-16-34-21/h4-13,16,22-23H,3,14-15H2,1-2H3,(H,27,29)/t22-,23+/m0/s1. The van der Waals surface area contributed by atoms with Crippen molar-refractivity contribution in [3.8, 4) is 0 Å². The number of rotatable bonds is 8. The predicted octanol–water partition coefficient (Wildman–Crippen LogP) is 4.49. The van der Waals surface area contributed by atoms with Crippen LogP contribution in [0.15, 0.2) is 66.0 Å². The van der Waals surface area contributed by atoms with E-state index in [9.17, 15) is 14.4 Å². The van der Waals surface area contributed by atoms with Crippen LogP contribution in [-0.2, 0) is 14.3 Å². The van der Waals surface area contributed by atoms with Crippen LogP contribution in [0.4, 0.5) is 5.69 Å². The van der Waals surface area contributed by atoms with Crippen LogP contribution in [0.5, 0.6) is 0 Å². The third-order valence-electron chi connectivity index (χ3n) is 5.76. The Morgan fingerprint density at radius 3 is 2.50 bits per heavy atom. The number of thiophene rings is 1. The summed E-state index contributed by atoms with van der Waals surface area (Å²) in [6.45, 7) is 2.77. The van der Waals surface area contributed by atoms with Gasteiger partial charge in [-0.25, -0.2) is 4.79 Å². The van der Waals surface area contributed by atoms with Crippen LogP contribution in [0.2, 0.25) is 0 Å². The molecule has 0 spiro atoms. The van der Waals surface area contributed by atoms with E-state index >= 15 is 0 Å². The van der Waals surface area contributed by atoms with Crippen LogP contribution in [0.1, 0.15) is 50.0 Å². The molecule has 1 N–H and O–H groups in total. The minimum Gasteiger partial charge on any atom is -0.462 e. The Morgan fingerprint density at radius 1 is 1.06 bits per heavy atom. The van der Waals surface area contributed by atoms with E-state index in [4.69, 9.17) is 9.47 Å². The molecule has 2 amide bonds. The summed E-state index contributed by atoms with van der Waals surface area (Å²) in [6, 6.07) is 17.2. The van der Waals surface area contributed by atoms with Gasteiger partial charge in [0.1, 0.15) is 0 Å². The predicted molar refractivity (Wildman–Crippen MR) is 130 cm³/mol. The van der Waals surface area contributed by atoms with Gasteiger partial charge in [0.25, 0.3) is 5.91 Å². The Morgan fingerprint density at radius 2 is 1.82 bits per heavy atom. The minimum absolute atomic E-state index is 0.117. The molecule has 2 atom stereocenters. The lowest BCUT2D eigenvalue weighted by atomic mass is 9.81. The maximum Gasteiger partial charge on any atom is 0.338 e. The monoisotopic (exact) mass is 478 g/mol. The highest BCUT2D eigenvalue weighted by Crippen LogP contribution is 2.44. The molecule has 8 heteroatoms. The molecule has 0 fully saturated rings. The van der Waals surface area contributed by atoms with Gasteiger partial charge in [-0.05, 0) is 54.3 Å². The molecule has 2 aromatic carbocycles. The number of nitrogens with zero attached hydrogens (tertiary/aromatic N) is 1. The molecule has 3 aromatic rings. The zero-order chi connectivity index (χ0) is 24.1. The Balaban J connectivity index is 1.69. The summed E-state index contributed by atoms with van der Waals surface area (Å²) in [5, 5.41) is 4.92. The molecule has 34 heavy (non-hydrogen) atoms. The van der Waals surface area contributed by atoms with Crippen LogP contribution < -0.4 is 5.32 Å². The van der Waals surface area contributed by atoms with E-state index in [-0.39, 0.29) is 11.8 Å². The Hall–Kier alpha value is -3.49. The SMILES string of the molecule is CCOC(=O)c1ccc(NC(=O)[C@H]2c3ccccc3C(=O)N(CCOC)[C@@H]2c2cccs2)cc1. The quantitative estimate of drug-likeness (QED) is 0.482. The molecule has 4 rings (SSSR count). The van der Waals surface area contributed by atoms with E-state index in [1.807, 2.05) is 29.6 Å². The topological polar surface area (TPSA) is 84.9 Å². The highest BCUT2D eigenvalue weighted by molar-refractivity contribution is 7.10. The summed E-state index contributed by atoms with van der Waals surface area (Å²) >= 11 is 1.51. The third kappa shape index (κ3) is 4.73. The van der Waals surface area contributed by atoms with Gasteiger partial charge in [0.15, 0.2) is 0 Å². The molecular formula is C26H26N2O5S. The number of benzene rings is 2. The van der Waals surface area contributed by atoms with Crippen LogP contribution in [-0.4, -0.2) is 49.6 Å². The highest BCUT2D eigenvalue weighted by Gasteiger charge is 2.44. The molecule has 0 saturated heterocycles. The zero-order valence-electron chi connectivity index (χ0n) is 19.0. The Bertz CT molecular complexity index is 1160. The van der Waals surface area contributed by atoms with Gasteiger partial charge in [0.05, 0.1) is 30.7 Å². The second-order valence-electron chi connectivity index (χ2n) is 7.80. The number of hydrogen-bond donors (Lipinski definition) is 1. The van der Waals surface area contributed by atoms with Gasteiger partial charge in [0, 0.05) is 29.8 Å². The van der Waals surface area contributed by atoms with Crippen molar-refractivity contribution in [3.63, 3.8) is 0 Å². The van der Waals surface area contributed by atoms with Crippen LogP contribution in [0, 0.1) is 0 Å². The zero-order valence-corrected chi connectivity index (χ0v) is 19.8. The van der Waals surface area contributed by atoms with Crippen molar-refractivity contribution in [2.75, 3.05) is 32.2 Å². The van der Waals surface area contributed by atoms with E-state index in [0.717, 1.165) is 4.88 Å². The van der Waals surface area contributed by atoms with Crippen LogP contribution in [0.3, 0.4) is 0 Å². The first-order chi connectivity index (χ1) is 16.5. The molecule has 0 aliphatic carbocycles. The second-order valence-corrected chi connectivity index (χ2v) is 8.78. The largest absolute Gasteiger partial charge is 0.462 e. The lowest BCUT2D eigenvalue weighted by molar-refractivity contribution is -0.119. The molecule has 1 aliphatic heterocycles. The fraction of sp³-hybridized carbons (Fsp3) is 0.269. The molecular weight excluding hydrogens is 452 g/mol. The van der Waals surface area contributed by atoms with E-state index in [1.165, 1.54) is 11.3 Å². The fourth-order valence-electron chi connectivity index (χ4n) is 4.21. The van der Waals surface area contributed by atoms with E-state index in [2.05, 4.69) is 5.32 Å². The van der Waals surface area contributed by atoms with E-state index in [1.54, 1.807) is 55.3 Å². The van der Waals surface area contributed by atoms with Gasteiger partial charge < -0.3 is 19.7 Å². The van der Waals surface area contributed by atoms with Gasteiger partial charge >= 0.3 is 5.97 Å². The summed E-state index contributed by atoms with van der Waals surface area (Å²) in [7, 11) is 1.59. The first kappa shape index (κ1) is 23.7. The first-order valence-electron chi connectivity index (χ1n) is 11.1. The number of carbonyl (C=O) groups is 3. The lowest BCUT2D eigenvalue weighted by Gasteiger charge is -2.41. The molecule has 2 heterocycles. The van der Waals surface area contributed by atoms with Crippen molar-refractivity contribution < 1.29 is 23.9 Å². The molecule has 1 aliphatic rings. The van der Waals surface area contributed by atoms with E-state index < -0.39 is 17.9 Å². The van der Waals surface area contributed by atoms with Crippen molar-refractivity contribution >= 4 is 34.8 Å². The highest BCUT2D eigenvalue weighted by atomic mass is 32.1. The number of hydrogen-bond acceptors (Lipinski definition) is 6. The van der Waals surface area contributed by atoms with Crippen molar-refractivity contribution in [2.45, 2.75) is 18.9 Å². The summed E-state index contributed by atoms with van der Waals surface area (Å²) in [4.78, 5) is 41.7. The number of methoxy groups -OCH3 is 1. The van der Waals surface area contributed by atoms with Gasteiger partial charge in [-0.3, -0.25) is 9.59 Å². The number of ether oxygens (including phenoxy) is 2. The van der Waals surface area contributed by atoms with Crippen molar-refractivity contribution in [1.82, 2.24) is 4.90 Å². The van der Waals surface area contributed by atoms with Crippen molar-refractivity contribution in [3.05, 3.63) is 87.6 Å².